The van der Waals surface area contributed by atoms with Crippen molar-refractivity contribution in [1.29, 1.82) is 0 Å². The first-order valence-electron chi connectivity index (χ1n) is 13.1. The van der Waals surface area contributed by atoms with Gasteiger partial charge < -0.3 is 20.7 Å². The number of hydrogen-bond donors (Lipinski definition) is 3. The van der Waals surface area contributed by atoms with Crippen molar-refractivity contribution in [1.82, 2.24) is 5.32 Å². The zero-order valence-electron chi connectivity index (χ0n) is 23.3. The third kappa shape index (κ3) is 8.78. The summed E-state index contributed by atoms with van der Waals surface area (Å²) in [4.78, 5) is 49.9. The average Bonchev–Trinajstić information content (AvgIpc) is 3.02. The Hall–Kier alpha value is -5.42. The first-order valence-corrected chi connectivity index (χ1v) is 14.0. The van der Waals surface area contributed by atoms with Crippen LogP contribution in [0.1, 0.15) is 22.8 Å². The summed E-state index contributed by atoms with van der Waals surface area (Å²) in [7, 11) is 1.54. The lowest BCUT2D eigenvalue weighted by molar-refractivity contribution is -0.384. The van der Waals surface area contributed by atoms with E-state index in [0.717, 1.165) is 4.90 Å². The Kier molecular flexibility index (Phi) is 10.3. The summed E-state index contributed by atoms with van der Waals surface area (Å²) in [5, 5.41) is 18.6. The predicted octanol–water partition coefficient (Wildman–Crippen LogP) is 6.13. The number of benzene rings is 4. The second kappa shape index (κ2) is 14.5. The van der Waals surface area contributed by atoms with E-state index in [1.54, 1.807) is 99.0 Å². The molecule has 0 fully saturated rings. The van der Waals surface area contributed by atoms with E-state index in [-0.39, 0.29) is 17.3 Å². The van der Waals surface area contributed by atoms with Gasteiger partial charge >= 0.3 is 0 Å². The zero-order chi connectivity index (χ0) is 30.8. The van der Waals surface area contributed by atoms with Crippen LogP contribution < -0.4 is 20.7 Å². The number of nitro benzene ring substituents is 1. The van der Waals surface area contributed by atoms with E-state index in [1.165, 1.54) is 36.0 Å². The summed E-state index contributed by atoms with van der Waals surface area (Å²) in [6.07, 6.45) is 1.56. The van der Waals surface area contributed by atoms with Crippen LogP contribution in [0.2, 0.25) is 0 Å². The minimum Gasteiger partial charge on any atom is -0.497 e. The highest BCUT2D eigenvalue weighted by atomic mass is 32.2. The van der Waals surface area contributed by atoms with E-state index in [1.807, 2.05) is 0 Å². The van der Waals surface area contributed by atoms with Gasteiger partial charge in [-0.25, -0.2) is 0 Å². The Morgan fingerprint density at radius 1 is 0.860 bits per heavy atom. The van der Waals surface area contributed by atoms with Gasteiger partial charge in [0, 0.05) is 34.0 Å². The highest BCUT2D eigenvalue weighted by molar-refractivity contribution is 8.00. The van der Waals surface area contributed by atoms with E-state index < -0.39 is 22.0 Å². The van der Waals surface area contributed by atoms with Gasteiger partial charge in [0.05, 0.1) is 17.3 Å². The Morgan fingerprint density at radius 2 is 1.51 bits per heavy atom. The van der Waals surface area contributed by atoms with Crippen LogP contribution in [-0.2, 0) is 9.59 Å². The largest absolute Gasteiger partial charge is 0.497 e. The number of anilines is 2. The van der Waals surface area contributed by atoms with Crippen LogP contribution in [0.25, 0.3) is 6.08 Å². The predicted molar refractivity (Wildman–Crippen MR) is 167 cm³/mol. The maximum absolute atomic E-state index is 13.3. The topological polar surface area (TPSA) is 140 Å². The molecule has 43 heavy (non-hydrogen) atoms. The quantitative estimate of drug-likeness (QED) is 0.0819. The minimum absolute atomic E-state index is 0.0390. The standard InChI is InChI=1S/C32H28N4O6S/c1-21(30(37)33-24-11-15-26(16-12-24)36(40)41)43-28-17-13-25(14-18-28)34-32(39)29(20-22-7-6-10-27(19-22)42-2)35-31(38)23-8-4-3-5-9-23/h3-21H,1-2H3,(H,33,37)(H,34,39)(H,35,38)/b29-20-. The Balaban J connectivity index is 1.42. The molecule has 4 aromatic rings. The third-order valence-electron chi connectivity index (χ3n) is 6.07. The molecule has 0 aliphatic heterocycles. The Bertz CT molecular complexity index is 1640. The molecule has 0 saturated carbocycles. The molecule has 3 amide bonds. The van der Waals surface area contributed by atoms with Crippen molar-refractivity contribution in [2.24, 2.45) is 0 Å². The summed E-state index contributed by atoms with van der Waals surface area (Å²) < 4.78 is 5.27. The molecule has 1 atom stereocenters. The normalized spacial score (nSPS) is 11.6. The number of amides is 3. The van der Waals surface area contributed by atoms with Gasteiger partial charge in [0.15, 0.2) is 0 Å². The molecule has 0 aliphatic rings. The molecule has 0 aromatic heterocycles. The van der Waals surface area contributed by atoms with Gasteiger partial charge in [0.2, 0.25) is 5.91 Å². The fourth-order valence-electron chi connectivity index (χ4n) is 3.82. The summed E-state index contributed by atoms with van der Waals surface area (Å²) >= 11 is 1.31. The molecule has 11 heteroatoms. The van der Waals surface area contributed by atoms with E-state index in [4.69, 9.17) is 4.74 Å². The molecule has 4 rings (SSSR count). The van der Waals surface area contributed by atoms with E-state index in [9.17, 15) is 24.5 Å². The zero-order valence-corrected chi connectivity index (χ0v) is 24.1. The number of non-ortho nitro benzene ring substituents is 1. The van der Waals surface area contributed by atoms with Crippen LogP contribution in [0.3, 0.4) is 0 Å². The van der Waals surface area contributed by atoms with Crippen LogP contribution in [0.4, 0.5) is 17.1 Å². The third-order valence-corrected chi connectivity index (χ3v) is 7.19. The van der Waals surface area contributed by atoms with E-state index in [2.05, 4.69) is 16.0 Å². The van der Waals surface area contributed by atoms with E-state index >= 15 is 0 Å². The number of nitrogens with zero attached hydrogens (tertiary/aromatic N) is 1. The first-order chi connectivity index (χ1) is 20.7. The van der Waals surface area contributed by atoms with Gasteiger partial charge in [0.1, 0.15) is 11.4 Å². The number of nitro groups is 1. The lowest BCUT2D eigenvalue weighted by Crippen LogP contribution is -2.30. The molecule has 0 saturated heterocycles. The summed E-state index contributed by atoms with van der Waals surface area (Å²) in [6, 6.07) is 28.2. The van der Waals surface area contributed by atoms with Gasteiger partial charge in [-0.15, -0.1) is 11.8 Å². The SMILES string of the molecule is COc1cccc(/C=C(\NC(=O)c2ccccc2)C(=O)Nc2ccc(SC(C)C(=O)Nc3ccc([N+](=O)[O-])cc3)cc2)c1. The number of nitrogens with one attached hydrogen (secondary N) is 3. The van der Waals surface area contributed by atoms with Gasteiger partial charge in [-0.05, 0) is 79.2 Å². The first kappa shape index (κ1) is 30.5. The van der Waals surface area contributed by atoms with Crippen LogP contribution in [0, 0.1) is 10.1 Å². The monoisotopic (exact) mass is 596 g/mol. The summed E-state index contributed by atoms with van der Waals surface area (Å²) in [5.74, 6) is -0.620. The molecule has 4 aromatic carbocycles. The Labute approximate surface area is 252 Å². The number of thioether (sulfide) groups is 1. The fourth-order valence-corrected chi connectivity index (χ4v) is 4.69. The lowest BCUT2D eigenvalue weighted by Gasteiger charge is -2.14. The molecule has 0 heterocycles. The molecule has 1 unspecified atom stereocenters. The number of methoxy groups -OCH3 is 1. The average molecular weight is 597 g/mol. The maximum atomic E-state index is 13.3. The van der Waals surface area contributed by atoms with E-state index in [0.29, 0.717) is 28.3 Å². The maximum Gasteiger partial charge on any atom is 0.272 e. The Morgan fingerprint density at radius 3 is 2.16 bits per heavy atom. The smallest absolute Gasteiger partial charge is 0.272 e. The van der Waals surface area contributed by atoms with Crippen molar-refractivity contribution in [2.45, 2.75) is 17.1 Å². The molecule has 10 nitrogen and oxygen atoms in total. The molecule has 0 spiro atoms. The van der Waals surface area contributed by atoms with Crippen molar-refractivity contribution in [2.75, 3.05) is 17.7 Å². The fraction of sp³-hybridized carbons (Fsp3) is 0.0938. The van der Waals surface area contributed by atoms with Crippen molar-refractivity contribution < 1.29 is 24.0 Å². The number of carbonyl (C=O) groups excluding carboxylic acids is 3. The van der Waals surface area contributed by atoms with Crippen LogP contribution in [0.15, 0.2) is 114 Å². The number of carbonyl (C=O) groups is 3. The molecule has 218 valence electrons. The highest BCUT2D eigenvalue weighted by Gasteiger charge is 2.17. The molecular formula is C32H28N4O6S. The van der Waals surface area contributed by atoms with Crippen molar-refractivity contribution in [3.63, 3.8) is 0 Å². The van der Waals surface area contributed by atoms with Crippen molar-refractivity contribution in [3.8, 4) is 5.75 Å². The number of hydrogen-bond acceptors (Lipinski definition) is 7. The molecule has 3 N–H and O–H groups in total. The number of rotatable bonds is 11. The van der Waals surface area contributed by atoms with Crippen molar-refractivity contribution >= 4 is 52.6 Å². The van der Waals surface area contributed by atoms with Gasteiger partial charge in [0.25, 0.3) is 17.5 Å². The molecule has 0 aliphatic carbocycles. The lowest BCUT2D eigenvalue weighted by atomic mass is 10.1. The van der Waals surface area contributed by atoms with Crippen LogP contribution in [0.5, 0.6) is 5.75 Å². The molecular weight excluding hydrogens is 568 g/mol. The van der Waals surface area contributed by atoms with Crippen LogP contribution >= 0.6 is 11.8 Å². The molecule has 0 radical (unpaired) electrons. The molecule has 0 bridgehead atoms. The van der Waals surface area contributed by atoms with Gasteiger partial charge in [-0.3, -0.25) is 24.5 Å². The van der Waals surface area contributed by atoms with Gasteiger partial charge in [-0.2, -0.15) is 0 Å². The minimum atomic E-state index is -0.525. The van der Waals surface area contributed by atoms with Crippen LogP contribution in [-0.4, -0.2) is 35.0 Å². The van der Waals surface area contributed by atoms with Gasteiger partial charge in [-0.1, -0.05) is 30.3 Å². The second-order valence-corrected chi connectivity index (χ2v) is 10.6. The number of ether oxygens (including phenoxy) is 1. The van der Waals surface area contributed by atoms with Crippen molar-refractivity contribution in [3.05, 3.63) is 130 Å². The summed E-state index contributed by atoms with van der Waals surface area (Å²) in [6.45, 7) is 1.74. The highest BCUT2D eigenvalue weighted by Crippen LogP contribution is 2.26. The second-order valence-electron chi connectivity index (χ2n) is 9.19. The summed E-state index contributed by atoms with van der Waals surface area (Å²) in [5.41, 5.74) is 1.98.